The summed E-state index contributed by atoms with van der Waals surface area (Å²) >= 11 is 0. The summed E-state index contributed by atoms with van der Waals surface area (Å²) in [7, 11) is 0. The van der Waals surface area contributed by atoms with Gasteiger partial charge in [-0.2, -0.15) is 0 Å². The van der Waals surface area contributed by atoms with E-state index in [-0.39, 0.29) is 12.1 Å². The Labute approximate surface area is 118 Å². The summed E-state index contributed by atoms with van der Waals surface area (Å²) in [6.07, 6.45) is 4.93. The molecule has 0 amide bonds. The normalized spacial score (nSPS) is 24.3. The minimum Gasteiger partial charge on any atom is -0.394 e. The molecule has 1 saturated heterocycles. The highest BCUT2D eigenvalue weighted by atomic mass is 16.5. The first-order chi connectivity index (χ1) is 9.13. The van der Waals surface area contributed by atoms with Crippen LogP contribution in [0.3, 0.4) is 0 Å². The Hall–Kier alpha value is -0.160. The molecular weight excluding hydrogens is 240 g/mol. The van der Waals surface area contributed by atoms with E-state index in [1.165, 1.54) is 12.8 Å². The maximum atomic E-state index is 9.63. The molecule has 0 aromatic carbocycles. The Bertz CT molecular complexity index is 238. The van der Waals surface area contributed by atoms with Crippen LogP contribution in [-0.4, -0.2) is 61.0 Å². The summed E-state index contributed by atoms with van der Waals surface area (Å²) in [4.78, 5) is 2.43. The molecule has 1 heterocycles. The van der Waals surface area contributed by atoms with E-state index in [9.17, 15) is 5.11 Å². The van der Waals surface area contributed by atoms with Crippen molar-refractivity contribution in [1.82, 2.24) is 10.2 Å². The van der Waals surface area contributed by atoms with Crippen LogP contribution in [0, 0.1) is 0 Å². The van der Waals surface area contributed by atoms with Crippen molar-refractivity contribution in [2.24, 2.45) is 0 Å². The van der Waals surface area contributed by atoms with E-state index in [2.05, 4.69) is 31.0 Å². The topological polar surface area (TPSA) is 44.7 Å². The minimum atomic E-state index is -0.192. The minimum absolute atomic E-state index is 0.185. The highest BCUT2D eigenvalue weighted by Crippen LogP contribution is 2.16. The third kappa shape index (κ3) is 6.21. The van der Waals surface area contributed by atoms with Crippen molar-refractivity contribution in [3.8, 4) is 0 Å². The van der Waals surface area contributed by atoms with Crippen LogP contribution in [-0.2, 0) is 4.74 Å². The third-order valence-corrected chi connectivity index (χ3v) is 3.74. The van der Waals surface area contributed by atoms with Crippen LogP contribution in [0.4, 0.5) is 0 Å². The number of piperidine rings is 1. The van der Waals surface area contributed by atoms with Gasteiger partial charge in [-0.1, -0.05) is 13.8 Å². The quantitative estimate of drug-likeness (QED) is 0.669. The second kappa shape index (κ2) is 8.90. The van der Waals surface area contributed by atoms with Crippen molar-refractivity contribution in [2.45, 2.75) is 58.1 Å². The van der Waals surface area contributed by atoms with E-state index >= 15 is 0 Å². The molecule has 4 heteroatoms. The Morgan fingerprint density at radius 1 is 1.37 bits per heavy atom. The van der Waals surface area contributed by atoms with Gasteiger partial charge in [0.15, 0.2) is 0 Å². The van der Waals surface area contributed by atoms with E-state index in [1.807, 2.05) is 0 Å². The van der Waals surface area contributed by atoms with Gasteiger partial charge in [-0.3, -0.25) is 4.90 Å². The van der Waals surface area contributed by atoms with E-state index in [1.54, 1.807) is 0 Å². The fourth-order valence-corrected chi connectivity index (χ4v) is 2.66. The van der Waals surface area contributed by atoms with Crippen LogP contribution in [0.25, 0.3) is 0 Å². The average Bonchev–Trinajstić information content (AvgIpc) is 2.43. The number of nitrogens with one attached hydrogen (secondary N) is 1. The van der Waals surface area contributed by atoms with Crippen LogP contribution < -0.4 is 5.32 Å². The summed E-state index contributed by atoms with van der Waals surface area (Å²) in [6.45, 7) is 11.4. The van der Waals surface area contributed by atoms with Crippen molar-refractivity contribution >= 4 is 0 Å². The first-order valence-electron chi connectivity index (χ1n) is 7.83. The number of nitrogens with zero attached hydrogens (tertiary/aromatic N) is 1. The van der Waals surface area contributed by atoms with Crippen LogP contribution in [0.5, 0.6) is 0 Å². The Balaban J connectivity index is 2.40. The number of rotatable bonds is 9. The zero-order valence-electron chi connectivity index (χ0n) is 13.0. The van der Waals surface area contributed by atoms with Gasteiger partial charge in [-0.05, 0) is 45.7 Å². The first-order valence-corrected chi connectivity index (χ1v) is 7.83. The maximum Gasteiger partial charge on any atom is 0.0702 e. The Kier molecular flexibility index (Phi) is 7.91. The predicted molar refractivity (Wildman–Crippen MR) is 79.5 cm³/mol. The van der Waals surface area contributed by atoms with Gasteiger partial charge in [0.1, 0.15) is 0 Å². The largest absolute Gasteiger partial charge is 0.394 e. The smallest absolute Gasteiger partial charge is 0.0702 e. The Morgan fingerprint density at radius 2 is 2.16 bits per heavy atom. The van der Waals surface area contributed by atoms with Crippen molar-refractivity contribution in [3.63, 3.8) is 0 Å². The molecule has 0 radical (unpaired) electrons. The highest BCUT2D eigenvalue weighted by Gasteiger charge is 2.28. The molecule has 4 nitrogen and oxygen atoms in total. The van der Waals surface area contributed by atoms with Crippen molar-refractivity contribution in [1.29, 1.82) is 0 Å². The lowest BCUT2D eigenvalue weighted by atomic mass is 10.00. The lowest BCUT2D eigenvalue weighted by Crippen LogP contribution is -2.56. The fraction of sp³-hybridized carbons (Fsp3) is 1.00. The number of likely N-dealkylation sites (tertiary alicyclic amines) is 1. The molecule has 1 aliphatic rings. The zero-order chi connectivity index (χ0) is 14.1. The lowest BCUT2D eigenvalue weighted by molar-refractivity contribution is -0.0103. The van der Waals surface area contributed by atoms with Gasteiger partial charge in [0.2, 0.25) is 0 Å². The van der Waals surface area contributed by atoms with Crippen LogP contribution >= 0.6 is 0 Å². The van der Waals surface area contributed by atoms with Gasteiger partial charge in [-0.25, -0.2) is 0 Å². The van der Waals surface area contributed by atoms with Crippen molar-refractivity contribution < 1.29 is 9.84 Å². The molecule has 0 spiro atoms. The maximum absolute atomic E-state index is 9.63. The molecule has 0 bridgehead atoms. The molecule has 19 heavy (non-hydrogen) atoms. The molecule has 1 fully saturated rings. The number of ether oxygens (including phenoxy) is 1. The average molecular weight is 272 g/mol. The van der Waals surface area contributed by atoms with Crippen molar-refractivity contribution in [2.75, 3.05) is 39.4 Å². The van der Waals surface area contributed by atoms with Gasteiger partial charge >= 0.3 is 0 Å². The van der Waals surface area contributed by atoms with E-state index in [4.69, 9.17) is 4.74 Å². The van der Waals surface area contributed by atoms with Gasteiger partial charge < -0.3 is 15.2 Å². The molecule has 2 N–H and O–H groups in total. The van der Waals surface area contributed by atoms with Crippen LogP contribution in [0.2, 0.25) is 0 Å². The molecule has 2 unspecified atom stereocenters. The summed E-state index contributed by atoms with van der Waals surface area (Å²) < 4.78 is 5.87. The summed E-state index contributed by atoms with van der Waals surface area (Å²) in [5, 5.41) is 13.1. The number of aliphatic hydroxyl groups excluding tert-OH is 1. The van der Waals surface area contributed by atoms with Gasteiger partial charge in [0.05, 0.1) is 18.2 Å². The van der Waals surface area contributed by atoms with Gasteiger partial charge in [-0.15, -0.1) is 0 Å². The molecular formula is C15H32N2O2. The molecule has 114 valence electrons. The second-order valence-electron chi connectivity index (χ2n) is 6.02. The Morgan fingerprint density at radius 3 is 2.79 bits per heavy atom. The van der Waals surface area contributed by atoms with Crippen molar-refractivity contribution in [3.05, 3.63) is 0 Å². The van der Waals surface area contributed by atoms with E-state index in [0.717, 1.165) is 45.6 Å². The van der Waals surface area contributed by atoms with Gasteiger partial charge in [0, 0.05) is 19.7 Å². The molecule has 0 aliphatic carbocycles. The molecule has 2 atom stereocenters. The second-order valence-corrected chi connectivity index (χ2v) is 6.02. The number of hydrogen-bond acceptors (Lipinski definition) is 4. The SMILES string of the molecule is CCCNC(C)(CO)CN1CCCC(OCCC)C1. The molecule has 0 aromatic rings. The third-order valence-electron chi connectivity index (χ3n) is 3.74. The van der Waals surface area contributed by atoms with E-state index in [0.29, 0.717) is 6.10 Å². The first kappa shape index (κ1) is 16.9. The fourth-order valence-electron chi connectivity index (χ4n) is 2.66. The highest BCUT2D eigenvalue weighted by molar-refractivity contribution is 4.88. The monoisotopic (exact) mass is 272 g/mol. The van der Waals surface area contributed by atoms with Gasteiger partial charge in [0.25, 0.3) is 0 Å². The van der Waals surface area contributed by atoms with Crippen LogP contribution in [0.1, 0.15) is 46.5 Å². The van der Waals surface area contributed by atoms with E-state index < -0.39 is 0 Å². The lowest BCUT2D eigenvalue weighted by Gasteiger charge is -2.39. The molecule has 0 aromatic heterocycles. The summed E-state index contributed by atoms with van der Waals surface area (Å²) in [5.41, 5.74) is -0.192. The summed E-state index contributed by atoms with van der Waals surface area (Å²) in [5.74, 6) is 0. The van der Waals surface area contributed by atoms with Crippen LogP contribution in [0.15, 0.2) is 0 Å². The predicted octanol–water partition coefficient (Wildman–Crippen LogP) is 1.63. The number of hydrogen-bond donors (Lipinski definition) is 2. The molecule has 0 saturated carbocycles. The number of aliphatic hydroxyl groups is 1. The zero-order valence-corrected chi connectivity index (χ0v) is 13.0. The standard InChI is InChI=1S/C15H32N2O2/c1-4-8-16-15(3,13-18)12-17-9-6-7-14(11-17)19-10-5-2/h14,16,18H,4-13H2,1-3H3. The molecule has 1 rings (SSSR count). The molecule has 1 aliphatic heterocycles. The summed E-state index contributed by atoms with van der Waals surface area (Å²) in [6, 6.07) is 0.